The summed E-state index contributed by atoms with van der Waals surface area (Å²) in [6.07, 6.45) is 0. The van der Waals surface area contributed by atoms with Crippen LogP contribution < -0.4 is 4.90 Å². The molecule has 3 heteroatoms. The third kappa shape index (κ3) is 5.13. The molecule has 0 radical (unpaired) electrons. The van der Waals surface area contributed by atoms with Crippen molar-refractivity contribution in [3.63, 3.8) is 0 Å². The van der Waals surface area contributed by atoms with Gasteiger partial charge in [-0.1, -0.05) is 146 Å². The van der Waals surface area contributed by atoms with Crippen LogP contribution in [-0.2, 0) is 0 Å². The quantitative estimate of drug-likeness (QED) is 0.173. The van der Waals surface area contributed by atoms with E-state index in [0.29, 0.717) is 0 Å². The van der Waals surface area contributed by atoms with Gasteiger partial charge in [0.25, 0.3) is 0 Å². The Morgan fingerprint density at radius 3 is 1.65 bits per heavy atom. The van der Waals surface area contributed by atoms with Gasteiger partial charge >= 0.3 is 0 Å². The van der Waals surface area contributed by atoms with Crippen LogP contribution in [0.15, 0.2) is 209 Å². The van der Waals surface area contributed by atoms with Crippen LogP contribution in [0.1, 0.15) is 0 Å². The number of rotatable bonds is 6. The molecule has 0 fully saturated rings. The molecule has 3 nitrogen and oxygen atoms in total. The number of benzene rings is 9. The molecule has 0 amide bonds. The van der Waals surface area contributed by atoms with Gasteiger partial charge in [0.1, 0.15) is 22.3 Å². The van der Waals surface area contributed by atoms with Crippen molar-refractivity contribution in [2.75, 3.05) is 4.90 Å². The molecule has 55 heavy (non-hydrogen) atoms. The average molecular weight is 704 g/mol. The van der Waals surface area contributed by atoms with Gasteiger partial charge < -0.3 is 13.7 Å². The van der Waals surface area contributed by atoms with E-state index < -0.39 is 0 Å². The molecule has 0 bridgehead atoms. The Balaban J connectivity index is 1.18. The van der Waals surface area contributed by atoms with Gasteiger partial charge in [-0.25, -0.2) is 0 Å². The lowest BCUT2D eigenvalue weighted by Crippen LogP contribution is -2.12. The molecule has 2 heterocycles. The first-order chi connectivity index (χ1) is 27.3. The molecule has 0 saturated heterocycles. The monoisotopic (exact) mass is 703 g/mol. The van der Waals surface area contributed by atoms with Crippen LogP contribution in [0.2, 0.25) is 0 Å². The van der Waals surface area contributed by atoms with E-state index in [4.69, 9.17) is 8.83 Å². The summed E-state index contributed by atoms with van der Waals surface area (Å²) in [6.45, 7) is 0. The first-order valence-electron chi connectivity index (χ1n) is 18.7. The fourth-order valence-corrected chi connectivity index (χ4v) is 8.38. The van der Waals surface area contributed by atoms with Crippen molar-refractivity contribution in [2.24, 2.45) is 0 Å². The Kier molecular flexibility index (Phi) is 7.17. The highest BCUT2D eigenvalue weighted by atomic mass is 16.3. The summed E-state index contributed by atoms with van der Waals surface area (Å²) in [7, 11) is 0. The minimum atomic E-state index is 0.846. The molecule has 0 saturated carbocycles. The number of hydrogen-bond acceptors (Lipinski definition) is 3. The maximum atomic E-state index is 6.51. The first kappa shape index (κ1) is 31.2. The molecular weight excluding hydrogens is 671 g/mol. The maximum absolute atomic E-state index is 6.51. The summed E-state index contributed by atoms with van der Waals surface area (Å²) >= 11 is 0. The molecule has 11 aromatic rings. The fourth-order valence-electron chi connectivity index (χ4n) is 8.38. The number of fused-ring (bicyclic) bond motifs is 7. The van der Waals surface area contributed by atoms with Gasteiger partial charge in [-0.2, -0.15) is 0 Å². The van der Waals surface area contributed by atoms with Crippen LogP contribution >= 0.6 is 0 Å². The van der Waals surface area contributed by atoms with Crippen molar-refractivity contribution in [1.29, 1.82) is 0 Å². The topological polar surface area (TPSA) is 29.5 Å². The summed E-state index contributed by atoms with van der Waals surface area (Å²) < 4.78 is 12.9. The van der Waals surface area contributed by atoms with E-state index in [-0.39, 0.29) is 0 Å². The second-order valence-corrected chi connectivity index (χ2v) is 14.0. The lowest BCUT2D eigenvalue weighted by Gasteiger charge is -2.30. The van der Waals surface area contributed by atoms with E-state index in [1.807, 2.05) is 24.3 Å². The van der Waals surface area contributed by atoms with E-state index in [2.05, 4.69) is 181 Å². The summed E-state index contributed by atoms with van der Waals surface area (Å²) in [5.41, 5.74) is 13.4. The normalized spacial score (nSPS) is 11.6. The zero-order valence-corrected chi connectivity index (χ0v) is 29.8. The highest BCUT2D eigenvalue weighted by Gasteiger charge is 2.24. The van der Waals surface area contributed by atoms with Crippen molar-refractivity contribution in [2.45, 2.75) is 0 Å². The van der Waals surface area contributed by atoms with E-state index >= 15 is 0 Å². The fraction of sp³-hybridized carbons (Fsp3) is 0. The molecule has 0 aliphatic rings. The Labute approximate surface area is 317 Å². The second-order valence-electron chi connectivity index (χ2n) is 14.0. The van der Waals surface area contributed by atoms with Gasteiger partial charge in [-0.3, -0.25) is 0 Å². The minimum Gasteiger partial charge on any atom is -0.456 e. The lowest BCUT2D eigenvalue weighted by molar-refractivity contribution is 0.668. The standard InChI is InChI=1S/C52H33NO2/c1-2-15-35-32-36(29-28-34(35)14-1)38-16-3-4-17-39(38)40-18-5-9-23-46(40)53(37-30-31-43-42-20-7-11-25-48(42)55-51(43)33-37)47-24-10-6-19-41(47)44-22-13-27-50-52(44)45-21-8-12-26-49(45)54-50/h1-33H. The van der Waals surface area contributed by atoms with Crippen LogP contribution in [-0.4, -0.2) is 0 Å². The van der Waals surface area contributed by atoms with E-state index in [9.17, 15) is 0 Å². The Hall–Kier alpha value is -7.36. The van der Waals surface area contributed by atoms with Crippen molar-refractivity contribution >= 4 is 71.7 Å². The van der Waals surface area contributed by atoms with E-state index in [0.717, 1.165) is 83.2 Å². The number of nitrogens with zero attached hydrogens (tertiary/aromatic N) is 1. The highest BCUT2D eigenvalue weighted by Crippen LogP contribution is 2.49. The van der Waals surface area contributed by atoms with Crippen molar-refractivity contribution in [1.82, 2.24) is 0 Å². The van der Waals surface area contributed by atoms with Crippen LogP contribution in [0.5, 0.6) is 0 Å². The van der Waals surface area contributed by atoms with E-state index in [1.165, 1.54) is 21.9 Å². The van der Waals surface area contributed by atoms with Gasteiger partial charge in [0.2, 0.25) is 0 Å². The molecule has 11 rings (SSSR count). The zero-order valence-electron chi connectivity index (χ0n) is 29.8. The van der Waals surface area contributed by atoms with Gasteiger partial charge in [-0.15, -0.1) is 0 Å². The van der Waals surface area contributed by atoms with E-state index in [1.54, 1.807) is 0 Å². The Morgan fingerprint density at radius 1 is 0.309 bits per heavy atom. The SMILES string of the molecule is c1ccc(-c2ccccc2N(c2ccc3c(c2)oc2ccccc23)c2ccccc2-c2cccc3oc4ccccc4c23)c(-c2ccc3ccccc3c2)c1. The molecular formula is C52H33NO2. The molecule has 0 spiro atoms. The minimum absolute atomic E-state index is 0.846. The third-order valence-corrected chi connectivity index (χ3v) is 10.9. The first-order valence-corrected chi connectivity index (χ1v) is 18.7. The van der Waals surface area contributed by atoms with Gasteiger partial charge in [0.05, 0.1) is 11.4 Å². The molecule has 0 aliphatic heterocycles. The number of hydrogen-bond donors (Lipinski definition) is 0. The lowest BCUT2D eigenvalue weighted by atomic mass is 9.91. The summed E-state index contributed by atoms with van der Waals surface area (Å²) in [4.78, 5) is 2.40. The van der Waals surface area contributed by atoms with Gasteiger partial charge in [-0.05, 0) is 81.6 Å². The van der Waals surface area contributed by atoms with Crippen molar-refractivity contribution in [3.8, 4) is 33.4 Å². The van der Waals surface area contributed by atoms with Crippen LogP contribution in [0.25, 0.3) is 88.0 Å². The van der Waals surface area contributed by atoms with Crippen LogP contribution in [0.3, 0.4) is 0 Å². The maximum Gasteiger partial charge on any atom is 0.137 e. The van der Waals surface area contributed by atoms with Gasteiger partial charge in [0, 0.05) is 44.4 Å². The second kappa shape index (κ2) is 12.6. The smallest absolute Gasteiger partial charge is 0.137 e. The number of furan rings is 2. The third-order valence-electron chi connectivity index (χ3n) is 10.9. The summed E-state index contributed by atoms with van der Waals surface area (Å²) in [6, 6.07) is 71.1. The predicted octanol–water partition coefficient (Wildman–Crippen LogP) is 15.1. The molecule has 0 unspecified atom stereocenters. The molecule has 258 valence electrons. The predicted molar refractivity (Wildman–Crippen MR) is 229 cm³/mol. The van der Waals surface area contributed by atoms with Crippen molar-refractivity contribution in [3.05, 3.63) is 200 Å². The molecule has 9 aromatic carbocycles. The summed E-state index contributed by atoms with van der Waals surface area (Å²) in [5, 5.41) is 6.86. The highest BCUT2D eigenvalue weighted by molar-refractivity contribution is 6.14. The molecule has 0 atom stereocenters. The summed E-state index contributed by atoms with van der Waals surface area (Å²) in [5.74, 6) is 0. The Morgan fingerprint density at radius 2 is 0.855 bits per heavy atom. The molecule has 0 aliphatic carbocycles. The molecule has 0 N–H and O–H groups in total. The number of anilines is 3. The largest absolute Gasteiger partial charge is 0.456 e. The Bertz CT molecular complexity index is 3240. The van der Waals surface area contributed by atoms with Gasteiger partial charge in [0.15, 0.2) is 0 Å². The average Bonchev–Trinajstić information content (AvgIpc) is 3.82. The molecule has 2 aromatic heterocycles. The van der Waals surface area contributed by atoms with Crippen molar-refractivity contribution < 1.29 is 8.83 Å². The van der Waals surface area contributed by atoms with Crippen LogP contribution in [0.4, 0.5) is 17.1 Å². The number of para-hydroxylation sites is 4. The zero-order chi connectivity index (χ0) is 36.3. The van der Waals surface area contributed by atoms with Crippen LogP contribution in [0, 0.1) is 0 Å².